The van der Waals surface area contributed by atoms with Crippen LogP contribution in [-0.2, 0) is 5.88 Å². The Balaban J connectivity index is 2.03. The van der Waals surface area contributed by atoms with Gasteiger partial charge in [-0.25, -0.2) is 4.98 Å². The molecule has 0 bridgehead atoms. The van der Waals surface area contributed by atoms with Crippen LogP contribution in [0.3, 0.4) is 0 Å². The molecule has 1 saturated carbocycles. The van der Waals surface area contributed by atoms with E-state index >= 15 is 0 Å². The van der Waals surface area contributed by atoms with Crippen molar-refractivity contribution in [3.63, 3.8) is 0 Å². The average molecular weight is 269 g/mol. The summed E-state index contributed by atoms with van der Waals surface area (Å²) in [5.41, 5.74) is 1.74. The van der Waals surface area contributed by atoms with Crippen LogP contribution >= 0.6 is 11.6 Å². The second-order valence-electron chi connectivity index (χ2n) is 5.42. The molecular weight excluding hydrogens is 248 g/mol. The van der Waals surface area contributed by atoms with E-state index in [0.29, 0.717) is 17.8 Å². The molecule has 100 valence electrons. The van der Waals surface area contributed by atoms with Gasteiger partial charge < -0.3 is 4.74 Å². The maximum atomic E-state index is 5.92. The van der Waals surface area contributed by atoms with Crippen LogP contribution in [0.1, 0.15) is 44.5 Å². The topological polar surface area (TPSA) is 35.0 Å². The van der Waals surface area contributed by atoms with Crippen LogP contribution < -0.4 is 4.74 Å². The standard InChI is InChI=1S/C14H21ClN2O/c1-9-4-5-13(6-10(9)2)18-14-16-11(3)7-12(8-15)17-14/h7,9-10,13H,4-6,8H2,1-3H3. The predicted octanol–water partition coefficient (Wildman–Crippen LogP) is 3.73. The molecule has 3 atom stereocenters. The Bertz CT molecular complexity index is 411. The highest BCUT2D eigenvalue weighted by Crippen LogP contribution is 2.31. The quantitative estimate of drug-likeness (QED) is 0.784. The smallest absolute Gasteiger partial charge is 0.317 e. The molecule has 0 radical (unpaired) electrons. The van der Waals surface area contributed by atoms with Crippen molar-refractivity contribution in [2.24, 2.45) is 11.8 Å². The molecule has 0 amide bonds. The highest BCUT2D eigenvalue weighted by atomic mass is 35.5. The monoisotopic (exact) mass is 268 g/mol. The summed E-state index contributed by atoms with van der Waals surface area (Å²) in [5.74, 6) is 1.90. The van der Waals surface area contributed by atoms with Crippen LogP contribution in [-0.4, -0.2) is 16.1 Å². The number of hydrogen-bond acceptors (Lipinski definition) is 3. The first kappa shape index (κ1) is 13.6. The Hall–Kier alpha value is -0.830. The highest BCUT2D eigenvalue weighted by Gasteiger charge is 2.26. The molecule has 4 heteroatoms. The number of alkyl halides is 1. The molecule has 0 aromatic carbocycles. The van der Waals surface area contributed by atoms with Crippen molar-refractivity contribution < 1.29 is 4.74 Å². The molecular formula is C14H21ClN2O. The van der Waals surface area contributed by atoms with Gasteiger partial charge in [-0.1, -0.05) is 13.8 Å². The third kappa shape index (κ3) is 3.35. The highest BCUT2D eigenvalue weighted by molar-refractivity contribution is 6.16. The zero-order valence-corrected chi connectivity index (χ0v) is 12.1. The van der Waals surface area contributed by atoms with Crippen LogP contribution in [0.15, 0.2) is 6.07 Å². The lowest BCUT2D eigenvalue weighted by atomic mass is 9.80. The van der Waals surface area contributed by atoms with Crippen molar-refractivity contribution in [2.75, 3.05) is 0 Å². The lowest BCUT2D eigenvalue weighted by Gasteiger charge is -2.31. The van der Waals surface area contributed by atoms with Crippen LogP contribution in [0, 0.1) is 18.8 Å². The third-order valence-electron chi connectivity index (χ3n) is 3.85. The van der Waals surface area contributed by atoms with Gasteiger partial charge in [0.2, 0.25) is 0 Å². The van der Waals surface area contributed by atoms with Crippen molar-refractivity contribution in [3.05, 3.63) is 17.5 Å². The Kier molecular flexibility index (Phi) is 4.44. The van der Waals surface area contributed by atoms with Gasteiger partial charge >= 0.3 is 6.01 Å². The van der Waals surface area contributed by atoms with Crippen LogP contribution in [0.4, 0.5) is 0 Å². The second-order valence-corrected chi connectivity index (χ2v) is 5.69. The first-order chi connectivity index (χ1) is 8.58. The minimum atomic E-state index is 0.251. The van der Waals surface area contributed by atoms with E-state index in [1.54, 1.807) is 0 Å². The summed E-state index contributed by atoms with van der Waals surface area (Å²) in [6.07, 6.45) is 3.66. The summed E-state index contributed by atoms with van der Waals surface area (Å²) >= 11 is 5.81. The number of ether oxygens (including phenoxy) is 1. The van der Waals surface area contributed by atoms with Gasteiger partial charge in [0.05, 0.1) is 11.6 Å². The maximum absolute atomic E-state index is 5.92. The number of hydrogen-bond donors (Lipinski definition) is 0. The van der Waals surface area contributed by atoms with Gasteiger partial charge in [0.25, 0.3) is 0 Å². The summed E-state index contributed by atoms with van der Waals surface area (Å²) < 4.78 is 5.92. The number of halogens is 1. The van der Waals surface area contributed by atoms with Gasteiger partial charge in [0.1, 0.15) is 6.10 Å². The van der Waals surface area contributed by atoms with E-state index < -0.39 is 0 Å². The molecule has 0 aliphatic heterocycles. The summed E-state index contributed by atoms with van der Waals surface area (Å²) in [6.45, 7) is 6.55. The Morgan fingerprint density at radius 3 is 2.72 bits per heavy atom. The SMILES string of the molecule is Cc1cc(CCl)nc(OC2CCC(C)C(C)C2)n1. The van der Waals surface area contributed by atoms with Crippen molar-refractivity contribution in [2.45, 2.75) is 52.0 Å². The molecule has 1 heterocycles. The lowest BCUT2D eigenvalue weighted by Crippen LogP contribution is -2.29. The first-order valence-corrected chi connectivity index (χ1v) is 7.19. The maximum Gasteiger partial charge on any atom is 0.317 e. The fourth-order valence-corrected chi connectivity index (χ4v) is 2.62. The van der Waals surface area contributed by atoms with E-state index in [4.69, 9.17) is 16.3 Å². The fraction of sp³-hybridized carbons (Fsp3) is 0.714. The van der Waals surface area contributed by atoms with Gasteiger partial charge in [0.15, 0.2) is 0 Å². The van der Waals surface area contributed by atoms with Gasteiger partial charge in [-0.3, -0.25) is 0 Å². The van der Waals surface area contributed by atoms with Gasteiger partial charge in [0, 0.05) is 5.69 Å². The van der Waals surface area contributed by atoms with Crippen molar-refractivity contribution in [1.82, 2.24) is 9.97 Å². The van der Waals surface area contributed by atoms with E-state index in [9.17, 15) is 0 Å². The molecule has 18 heavy (non-hydrogen) atoms. The molecule has 3 nitrogen and oxygen atoms in total. The summed E-state index contributed by atoms with van der Waals surface area (Å²) in [5, 5.41) is 0. The number of aromatic nitrogens is 2. The molecule has 3 unspecified atom stereocenters. The molecule has 0 spiro atoms. The molecule has 1 aromatic rings. The largest absolute Gasteiger partial charge is 0.460 e. The van der Waals surface area contributed by atoms with Crippen molar-refractivity contribution >= 4 is 11.6 Å². The third-order valence-corrected chi connectivity index (χ3v) is 4.12. The van der Waals surface area contributed by atoms with Crippen LogP contribution in [0.2, 0.25) is 0 Å². The minimum absolute atomic E-state index is 0.251. The van der Waals surface area contributed by atoms with Gasteiger partial charge in [-0.15, -0.1) is 11.6 Å². The molecule has 1 aliphatic rings. The molecule has 0 saturated heterocycles. The zero-order chi connectivity index (χ0) is 13.1. The van der Waals surface area contributed by atoms with E-state index in [1.807, 2.05) is 13.0 Å². The minimum Gasteiger partial charge on any atom is -0.460 e. The average Bonchev–Trinajstić information content (AvgIpc) is 2.33. The molecule has 1 aliphatic carbocycles. The van der Waals surface area contributed by atoms with Crippen LogP contribution in [0.25, 0.3) is 0 Å². The number of rotatable bonds is 3. The van der Waals surface area contributed by atoms with E-state index in [1.165, 1.54) is 6.42 Å². The Morgan fingerprint density at radius 1 is 1.28 bits per heavy atom. The summed E-state index contributed by atoms with van der Waals surface area (Å²) in [4.78, 5) is 8.65. The van der Waals surface area contributed by atoms with Crippen molar-refractivity contribution in [3.8, 4) is 6.01 Å². The van der Waals surface area contributed by atoms with Crippen LogP contribution in [0.5, 0.6) is 6.01 Å². The summed E-state index contributed by atoms with van der Waals surface area (Å²) in [6, 6.07) is 2.38. The first-order valence-electron chi connectivity index (χ1n) is 6.65. The Labute approximate surface area is 114 Å². The molecule has 1 fully saturated rings. The van der Waals surface area contributed by atoms with E-state index in [0.717, 1.165) is 30.1 Å². The normalized spacial score (nSPS) is 28.1. The predicted molar refractivity (Wildman–Crippen MR) is 72.9 cm³/mol. The fourth-order valence-electron chi connectivity index (χ4n) is 2.48. The van der Waals surface area contributed by atoms with E-state index in [2.05, 4.69) is 23.8 Å². The van der Waals surface area contributed by atoms with Gasteiger partial charge in [-0.2, -0.15) is 4.98 Å². The lowest BCUT2D eigenvalue weighted by molar-refractivity contribution is 0.0915. The Morgan fingerprint density at radius 2 is 2.06 bits per heavy atom. The number of aryl methyl sites for hydroxylation is 1. The van der Waals surface area contributed by atoms with Gasteiger partial charge in [-0.05, 0) is 44.1 Å². The van der Waals surface area contributed by atoms with E-state index in [-0.39, 0.29) is 6.10 Å². The zero-order valence-electron chi connectivity index (χ0n) is 11.3. The van der Waals surface area contributed by atoms with Crippen molar-refractivity contribution in [1.29, 1.82) is 0 Å². The molecule has 0 N–H and O–H groups in total. The molecule has 1 aromatic heterocycles. The molecule has 2 rings (SSSR count). The second kappa shape index (κ2) is 5.87. The summed E-state index contributed by atoms with van der Waals surface area (Å²) in [7, 11) is 0. The number of nitrogens with zero attached hydrogens (tertiary/aromatic N) is 2.